The molecule has 1 N–H and O–H groups in total. The van der Waals surface area contributed by atoms with Crippen molar-refractivity contribution in [3.63, 3.8) is 0 Å². The van der Waals surface area contributed by atoms with E-state index in [2.05, 4.69) is 33.0 Å². The summed E-state index contributed by atoms with van der Waals surface area (Å²) in [7, 11) is 0. The van der Waals surface area contributed by atoms with Crippen LogP contribution in [-0.4, -0.2) is 18.3 Å². The fraction of sp³-hybridized carbons (Fsp3) is 0.923. The summed E-state index contributed by atoms with van der Waals surface area (Å²) in [6.45, 7) is 9.65. The van der Waals surface area contributed by atoms with E-state index in [0.29, 0.717) is 30.1 Å². The first-order valence-corrected chi connectivity index (χ1v) is 6.85. The van der Waals surface area contributed by atoms with Gasteiger partial charge in [0.2, 0.25) is 5.91 Å². The Balaban J connectivity index is 3.79. The van der Waals surface area contributed by atoms with E-state index < -0.39 is 0 Å². The van der Waals surface area contributed by atoms with Crippen molar-refractivity contribution in [1.82, 2.24) is 5.32 Å². The number of hydrogen-bond acceptors (Lipinski definition) is 1. The zero-order valence-electron chi connectivity index (χ0n) is 11.1. The minimum Gasteiger partial charge on any atom is -0.356 e. The second-order valence-corrected chi connectivity index (χ2v) is 5.48. The van der Waals surface area contributed by atoms with Gasteiger partial charge in [0.05, 0.1) is 0 Å². The fourth-order valence-corrected chi connectivity index (χ4v) is 2.13. The molecule has 3 heteroatoms. The van der Waals surface area contributed by atoms with Gasteiger partial charge in [0.25, 0.3) is 0 Å². The lowest BCUT2D eigenvalue weighted by molar-refractivity contribution is -0.121. The normalized spacial score (nSPS) is 11.5. The van der Waals surface area contributed by atoms with Crippen molar-refractivity contribution < 1.29 is 4.79 Å². The smallest absolute Gasteiger partial charge is 0.220 e. The van der Waals surface area contributed by atoms with Crippen LogP contribution in [0.5, 0.6) is 0 Å². The average molecular weight is 248 g/mol. The number of hydrogen-bond donors (Lipinski definition) is 1. The summed E-state index contributed by atoms with van der Waals surface area (Å²) >= 11 is 5.56. The first-order valence-electron chi connectivity index (χ1n) is 6.31. The van der Waals surface area contributed by atoms with Crippen LogP contribution in [0.4, 0.5) is 0 Å². The molecule has 0 aromatic heterocycles. The first-order chi connectivity index (χ1) is 7.49. The molecule has 0 atom stereocenters. The topological polar surface area (TPSA) is 29.1 Å². The van der Waals surface area contributed by atoms with Gasteiger partial charge in [-0.15, -0.1) is 11.6 Å². The molecule has 2 nitrogen and oxygen atoms in total. The molecule has 0 rings (SSSR count). The highest BCUT2D eigenvalue weighted by Crippen LogP contribution is 2.19. The summed E-state index contributed by atoms with van der Waals surface area (Å²) in [6, 6.07) is 0. The number of carbonyl (C=O) groups excluding carboxylic acids is 1. The van der Waals surface area contributed by atoms with Crippen LogP contribution in [0.3, 0.4) is 0 Å². The lowest BCUT2D eigenvalue weighted by atomic mass is 9.85. The zero-order chi connectivity index (χ0) is 12.6. The lowest BCUT2D eigenvalue weighted by Crippen LogP contribution is -2.33. The molecule has 96 valence electrons. The van der Waals surface area contributed by atoms with Crippen molar-refractivity contribution in [2.75, 3.05) is 12.4 Å². The molecule has 0 fully saturated rings. The van der Waals surface area contributed by atoms with Crippen molar-refractivity contribution in [1.29, 1.82) is 0 Å². The molecule has 16 heavy (non-hydrogen) atoms. The van der Waals surface area contributed by atoms with E-state index in [9.17, 15) is 4.79 Å². The molecule has 0 saturated heterocycles. The molecule has 0 aliphatic heterocycles. The Bertz CT molecular complexity index is 184. The average Bonchev–Trinajstić information content (AvgIpc) is 2.17. The predicted octanol–water partition coefficient (Wildman–Crippen LogP) is 3.44. The predicted molar refractivity (Wildman–Crippen MR) is 70.7 cm³/mol. The van der Waals surface area contributed by atoms with Gasteiger partial charge >= 0.3 is 0 Å². The van der Waals surface area contributed by atoms with Crippen LogP contribution < -0.4 is 5.32 Å². The molecular formula is C13H26ClNO. The van der Waals surface area contributed by atoms with Crippen molar-refractivity contribution >= 4 is 17.5 Å². The van der Waals surface area contributed by atoms with Crippen molar-refractivity contribution in [3.05, 3.63) is 0 Å². The third-order valence-corrected chi connectivity index (χ3v) is 3.30. The van der Waals surface area contributed by atoms with E-state index in [1.807, 2.05) is 0 Å². The molecule has 0 aromatic rings. The summed E-state index contributed by atoms with van der Waals surface area (Å²) in [5, 5.41) is 3.02. The monoisotopic (exact) mass is 247 g/mol. The van der Waals surface area contributed by atoms with E-state index >= 15 is 0 Å². The summed E-state index contributed by atoms with van der Waals surface area (Å²) in [5.41, 5.74) is 0. The standard InChI is InChI=1S/C13H26ClNO/c1-10(2)12(11(3)4)9-15-13(16)7-5-6-8-14/h10-12H,5-9H2,1-4H3,(H,15,16). The highest BCUT2D eigenvalue weighted by atomic mass is 35.5. The van der Waals surface area contributed by atoms with Crippen molar-refractivity contribution in [2.24, 2.45) is 17.8 Å². The molecule has 1 amide bonds. The lowest BCUT2D eigenvalue weighted by Gasteiger charge is -2.25. The summed E-state index contributed by atoms with van der Waals surface area (Å²) in [6.07, 6.45) is 2.42. The molecule has 0 aliphatic rings. The maximum absolute atomic E-state index is 11.5. The van der Waals surface area contributed by atoms with Gasteiger partial charge in [0.1, 0.15) is 0 Å². The molecule has 0 radical (unpaired) electrons. The molecular weight excluding hydrogens is 222 g/mol. The van der Waals surface area contributed by atoms with Gasteiger partial charge in [-0.3, -0.25) is 4.79 Å². The number of alkyl halides is 1. The summed E-state index contributed by atoms with van der Waals surface area (Å²) in [4.78, 5) is 11.5. The molecule has 0 heterocycles. The molecule has 0 unspecified atom stereocenters. The van der Waals surface area contributed by atoms with Crippen LogP contribution >= 0.6 is 11.6 Å². The summed E-state index contributed by atoms with van der Waals surface area (Å²) < 4.78 is 0. The van der Waals surface area contributed by atoms with Gasteiger partial charge in [-0.25, -0.2) is 0 Å². The number of rotatable bonds is 8. The fourth-order valence-electron chi connectivity index (χ4n) is 1.94. The number of amides is 1. The van der Waals surface area contributed by atoms with E-state index in [1.54, 1.807) is 0 Å². The molecule has 0 bridgehead atoms. The Labute approximate surface area is 105 Å². The van der Waals surface area contributed by atoms with Crippen molar-refractivity contribution in [2.45, 2.75) is 47.0 Å². The first kappa shape index (κ1) is 15.8. The maximum Gasteiger partial charge on any atom is 0.220 e. The minimum atomic E-state index is 0.163. The Morgan fingerprint density at radius 1 is 1.12 bits per heavy atom. The van der Waals surface area contributed by atoms with E-state index in [0.717, 1.165) is 19.4 Å². The number of nitrogens with one attached hydrogen (secondary N) is 1. The Hall–Kier alpha value is -0.240. The molecule has 0 aliphatic carbocycles. The second-order valence-electron chi connectivity index (χ2n) is 5.10. The summed E-state index contributed by atoms with van der Waals surface area (Å²) in [5.74, 6) is 2.60. The van der Waals surface area contributed by atoms with E-state index in [4.69, 9.17) is 11.6 Å². The van der Waals surface area contributed by atoms with Gasteiger partial charge in [-0.05, 0) is 30.6 Å². The van der Waals surface area contributed by atoms with Crippen LogP contribution in [0.25, 0.3) is 0 Å². The maximum atomic E-state index is 11.5. The number of halogens is 1. The molecule has 0 aromatic carbocycles. The molecule has 0 spiro atoms. The van der Waals surface area contributed by atoms with Gasteiger partial charge in [-0.1, -0.05) is 27.7 Å². The quantitative estimate of drug-likeness (QED) is 0.517. The molecule has 0 saturated carbocycles. The highest BCUT2D eigenvalue weighted by molar-refractivity contribution is 6.17. The van der Waals surface area contributed by atoms with E-state index in [-0.39, 0.29) is 5.91 Å². The minimum absolute atomic E-state index is 0.163. The SMILES string of the molecule is CC(C)C(CNC(=O)CCCCCl)C(C)C. The Morgan fingerprint density at radius 2 is 1.69 bits per heavy atom. The van der Waals surface area contributed by atoms with Gasteiger partial charge < -0.3 is 5.32 Å². The number of unbranched alkanes of at least 4 members (excludes halogenated alkanes) is 1. The van der Waals surface area contributed by atoms with Crippen molar-refractivity contribution in [3.8, 4) is 0 Å². The van der Waals surface area contributed by atoms with Crippen LogP contribution in [0.2, 0.25) is 0 Å². The van der Waals surface area contributed by atoms with Gasteiger partial charge in [0, 0.05) is 18.8 Å². The highest BCUT2D eigenvalue weighted by Gasteiger charge is 2.17. The van der Waals surface area contributed by atoms with Crippen LogP contribution in [0.1, 0.15) is 47.0 Å². The Morgan fingerprint density at radius 3 is 2.12 bits per heavy atom. The third kappa shape index (κ3) is 7.10. The van der Waals surface area contributed by atoms with Crippen LogP contribution in [-0.2, 0) is 4.79 Å². The third-order valence-electron chi connectivity index (χ3n) is 3.04. The van der Waals surface area contributed by atoms with Gasteiger partial charge in [-0.2, -0.15) is 0 Å². The van der Waals surface area contributed by atoms with Gasteiger partial charge in [0.15, 0.2) is 0 Å². The second kappa shape index (κ2) is 8.86. The number of carbonyl (C=O) groups is 1. The largest absolute Gasteiger partial charge is 0.356 e. The van der Waals surface area contributed by atoms with Crippen LogP contribution in [0, 0.1) is 17.8 Å². The van der Waals surface area contributed by atoms with E-state index in [1.165, 1.54) is 0 Å². The zero-order valence-corrected chi connectivity index (χ0v) is 11.8. The Kier molecular flexibility index (Phi) is 8.73. The van der Waals surface area contributed by atoms with Crippen LogP contribution in [0.15, 0.2) is 0 Å².